The van der Waals surface area contributed by atoms with Crippen molar-refractivity contribution in [1.82, 2.24) is 0 Å². The van der Waals surface area contributed by atoms with Gasteiger partial charge in [0, 0.05) is 16.7 Å². The standard InChI is InChI=1S/C21H22F4O2/c1-3-5-12-6-10-16(27-12)15-8-7-13(18(22)20(15)24)14-9-11-17(26-4-2)21(25)19(14)23/h7-9,11-12,16H,3-6,10H2,1-2H3. The highest BCUT2D eigenvalue weighted by molar-refractivity contribution is 5.66. The molecule has 146 valence electrons. The van der Waals surface area contributed by atoms with Crippen molar-refractivity contribution in [2.75, 3.05) is 6.61 Å². The Bertz CT molecular complexity index is 822. The van der Waals surface area contributed by atoms with Gasteiger partial charge < -0.3 is 9.47 Å². The van der Waals surface area contributed by atoms with Gasteiger partial charge in [-0.05, 0) is 38.3 Å². The molecule has 0 aromatic heterocycles. The van der Waals surface area contributed by atoms with Crippen molar-refractivity contribution in [1.29, 1.82) is 0 Å². The summed E-state index contributed by atoms with van der Waals surface area (Å²) < 4.78 is 68.5. The van der Waals surface area contributed by atoms with E-state index in [2.05, 4.69) is 0 Å². The molecule has 2 nitrogen and oxygen atoms in total. The van der Waals surface area contributed by atoms with Gasteiger partial charge in [0.1, 0.15) is 0 Å². The van der Waals surface area contributed by atoms with Crippen LogP contribution in [-0.2, 0) is 4.74 Å². The van der Waals surface area contributed by atoms with Gasteiger partial charge in [0.25, 0.3) is 0 Å². The van der Waals surface area contributed by atoms with Crippen molar-refractivity contribution < 1.29 is 27.0 Å². The second-order valence-electron chi connectivity index (χ2n) is 6.62. The normalized spacial score (nSPS) is 19.5. The first-order valence-electron chi connectivity index (χ1n) is 9.22. The van der Waals surface area contributed by atoms with Gasteiger partial charge in [-0.1, -0.05) is 25.5 Å². The molecule has 2 unspecified atom stereocenters. The number of benzene rings is 2. The molecule has 2 aromatic carbocycles. The first-order valence-corrected chi connectivity index (χ1v) is 9.22. The number of ether oxygens (including phenoxy) is 2. The second kappa shape index (κ2) is 8.30. The lowest BCUT2D eigenvalue weighted by atomic mass is 9.98. The van der Waals surface area contributed by atoms with Crippen LogP contribution in [0.1, 0.15) is 51.2 Å². The molecule has 0 aliphatic carbocycles. The van der Waals surface area contributed by atoms with Crippen molar-refractivity contribution in [3.63, 3.8) is 0 Å². The van der Waals surface area contributed by atoms with E-state index in [4.69, 9.17) is 9.47 Å². The molecule has 27 heavy (non-hydrogen) atoms. The van der Waals surface area contributed by atoms with Crippen molar-refractivity contribution in [3.05, 3.63) is 53.1 Å². The maximum absolute atomic E-state index is 14.7. The molecule has 1 heterocycles. The second-order valence-corrected chi connectivity index (χ2v) is 6.62. The Hall–Kier alpha value is -2.08. The maximum atomic E-state index is 14.7. The number of rotatable bonds is 6. The number of hydrogen-bond donors (Lipinski definition) is 0. The Morgan fingerprint density at radius 1 is 0.889 bits per heavy atom. The summed E-state index contributed by atoms with van der Waals surface area (Å²) in [7, 11) is 0. The van der Waals surface area contributed by atoms with E-state index in [-0.39, 0.29) is 35.2 Å². The van der Waals surface area contributed by atoms with Crippen LogP contribution in [0.2, 0.25) is 0 Å². The molecule has 0 N–H and O–H groups in total. The molecule has 0 radical (unpaired) electrons. The summed E-state index contributed by atoms with van der Waals surface area (Å²) in [6.07, 6.45) is 2.74. The quantitative estimate of drug-likeness (QED) is 0.544. The summed E-state index contributed by atoms with van der Waals surface area (Å²) in [5.74, 6) is -5.05. The molecule has 2 atom stereocenters. The molecular weight excluding hydrogens is 360 g/mol. The average Bonchev–Trinajstić information content (AvgIpc) is 3.11. The molecule has 0 spiro atoms. The summed E-state index contributed by atoms with van der Waals surface area (Å²) in [5, 5.41) is 0. The maximum Gasteiger partial charge on any atom is 0.201 e. The highest BCUT2D eigenvalue weighted by Crippen LogP contribution is 2.39. The molecule has 6 heteroatoms. The van der Waals surface area contributed by atoms with Crippen LogP contribution < -0.4 is 4.74 Å². The van der Waals surface area contributed by atoms with Gasteiger partial charge in [-0.2, -0.15) is 4.39 Å². The highest BCUT2D eigenvalue weighted by Gasteiger charge is 2.30. The Labute approximate surface area is 156 Å². The average molecular weight is 382 g/mol. The third kappa shape index (κ3) is 3.81. The molecule has 3 rings (SSSR count). The van der Waals surface area contributed by atoms with Crippen LogP contribution in [0.3, 0.4) is 0 Å². The van der Waals surface area contributed by atoms with Gasteiger partial charge >= 0.3 is 0 Å². The lowest BCUT2D eigenvalue weighted by molar-refractivity contribution is 0.0374. The lowest BCUT2D eigenvalue weighted by Crippen LogP contribution is -2.08. The zero-order valence-corrected chi connectivity index (χ0v) is 15.3. The van der Waals surface area contributed by atoms with Gasteiger partial charge in [0.05, 0.1) is 18.8 Å². The van der Waals surface area contributed by atoms with Crippen molar-refractivity contribution >= 4 is 0 Å². The highest BCUT2D eigenvalue weighted by atomic mass is 19.2. The molecule has 2 aromatic rings. The molecule has 1 fully saturated rings. The minimum atomic E-state index is -1.27. The van der Waals surface area contributed by atoms with Gasteiger partial charge in [-0.3, -0.25) is 0 Å². The largest absolute Gasteiger partial charge is 0.491 e. The first-order chi connectivity index (χ1) is 13.0. The fourth-order valence-corrected chi connectivity index (χ4v) is 3.50. The van der Waals surface area contributed by atoms with Crippen molar-refractivity contribution in [2.45, 2.75) is 51.7 Å². The van der Waals surface area contributed by atoms with E-state index in [1.165, 1.54) is 24.3 Å². The van der Waals surface area contributed by atoms with Crippen LogP contribution >= 0.6 is 0 Å². The van der Waals surface area contributed by atoms with Crippen molar-refractivity contribution in [3.8, 4) is 16.9 Å². The van der Waals surface area contributed by atoms with E-state index in [1.807, 2.05) is 6.92 Å². The first kappa shape index (κ1) is 19.7. The Morgan fingerprint density at radius 3 is 2.22 bits per heavy atom. The fraction of sp³-hybridized carbons (Fsp3) is 0.429. The summed E-state index contributed by atoms with van der Waals surface area (Å²) in [6, 6.07) is 5.05. The minimum Gasteiger partial charge on any atom is -0.491 e. The fourth-order valence-electron chi connectivity index (χ4n) is 3.50. The molecule has 1 saturated heterocycles. The van der Waals surface area contributed by atoms with Gasteiger partial charge in [-0.15, -0.1) is 0 Å². The van der Waals surface area contributed by atoms with Crippen LogP contribution in [0.25, 0.3) is 11.1 Å². The molecule has 0 amide bonds. The Morgan fingerprint density at radius 2 is 1.56 bits per heavy atom. The van der Waals surface area contributed by atoms with E-state index in [0.717, 1.165) is 19.3 Å². The van der Waals surface area contributed by atoms with Crippen LogP contribution in [0.5, 0.6) is 5.75 Å². The molecule has 0 saturated carbocycles. The molecule has 1 aliphatic rings. The topological polar surface area (TPSA) is 18.5 Å². The zero-order chi connectivity index (χ0) is 19.6. The van der Waals surface area contributed by atoms with E-state index in [0.29, 0.717) is 6.42 Å². The third-order valence-corrected chi connectivity index (χ3v) is 4.81. The van der Waals surface area contributed by atoms with E-state index in [1.54, 1.807) is 6.92 Å². The van der Waals surface area contributed by atoms with Crippen LogP contribution in [-0.4, -0.2) is 12.7 Å². The predicted molar refractivity (Wildman–Crippen MR) is 94.6 cm³/mol. The predicted octanol–water partition coefficient (Wildman–Crippen LogP) is 6.33. The molecule has 0 bridgehead atoms. The van der Waals surface area contributed by atoms with Crippen LogP contribution in [0.15, 0.2) is 24.3 Å². The monoisotopic (exact) mass is 382 g/mol. The molecular formula is C21H22F4O2. The van der Waals surface area contributed by atoms with Gasteiger partial charge in [0.2, 0.25) is 5.82 Å². The Balaban J connectivity index is 1.93. The lowest BCUT2D eigenvalue weighted by Gasteiger charge is -2.16. The SMILES string of the molecule is CCCC1CCC(c2ccc(-c3ccc(OCC)c(F)c3F)c(F)c2F)O1. The smallest absolute Gasteiger partial charge is 0.201 e. The van der Waals surface area contributed by atoms with E-state index < -0.39 is 29.4 Å². The van der Waals surface area contributed by atoms with Gasteiger partial charge in [0.15, 0.2) is 23.2 Å². The van der Waals surface area contributed by atoms with Crippen LogP contribution in [0.4, 0.5) is 17.6 Å². The van der Waals surface area contributed by atoms with E-state index in [9.17, 15) is 17.6 Å². The zero-order valence-electron chi connectivity index (χ0n) is 15.3. The minimum absolute atomic E-state index is 0.0415. The summed E-state index contributed by atoms with van der Waals surface area (Å²) >= 11 is 0. The third-order valence-electron chi connectivity index (χ3n) is 4.81. The summed E-state index contributed by atoms with van der Waals surface area (Å²) in [4.78, 5) is 0. The number of halogens is 4. The summed E-state index contributed by atoms with van der Waals surface area (Å²) in [6.45, 7) is 3.83. The molecule has 1 aliphatic heterocycles. The van der Waals surface area contributed by atoms with Crippen molar-refractivity contribution in [2.24, 2.45) is 0 Å². The van der Waals surface area contributed by atoms with Crippen LogP contribution in [0, 0.1) is 23.3 Å². The van der Waals surface area contributed by atoms with E-state index >= 15 is 0 Å². The number of hydrogen-bond acceptors (Lipinski definition) is 2. The van der Waals surface area contributed by atoms with Gasteiger partial charge in [-0.25, -0.2) is 13.2 Å². The summed E-state index contributed by atoms with van der Waals surface area (Å²) in [5.41, 5.74) is -0.574. The Kier molecular flexibility index (Phi) is 6.05.